The zero-order valence-corrected chi connectivity index (χ0v) is 12.3. The van der Waals surface area contributed by atoms with Gasteiger partial charge < -0.3 is 10.6 Å². The molecule has 1 saturated carbocycles. The zero-order chi connectivity index (χ0) is 14.7. The molecule has 0 bridgehead atoms. The Morgan fingerprint density at radius 3 is 2.95 bits per heavy atom. The van der Waals surface area contributed by atoms with E-state index in [1.54, 1.807) is 23.1 Å². The number of carbonyl (C=O) groups excluding carboxylic acids is 1. The lowest BCUT2D eigenvalue weighted by Gasteiger charge is -2.13. The minimum Gasteiger partial charge on any atom is -0.323 e. The minimum atomic E-state index is -0.0775. The standard InChI is InChI=1S/C15H17ClN4O/c16-12-3-1-4-13(15(12)20-8-2-7-18-20)19-14(21)10-17-9-11-5-6-11/h1-4,7-8,11,17H,5-6,9-10H2,(H,19,21). The quantitative estimate of drug-likeness (QED) is 0.862. The molecule has 0 aliphatic heterocycles. The van der Waals surface area contributed by atoms with Gasteiger partial charge in [-0.1, -0.05) is 17.7 Å². The van der Waals surface area contributed by atoms with E-state index < -0.39 is 0 Å². The number of aromatic nitrogens is 2. The Labute approximate surface area is 128 Å². The van der Waals surface area contributed by atoms with Gasteiger partial charge in [0.1, 0.15) is 5.69 Å². The lowest BCUT2D eigenvalue weighted by atomic mass is 10.2. The molecule has 2 N–H and O–H groups in total. The predicted molar refractivity (Wildman–Crippen MR) is 82.8 cm³/mol. The van der Waals surface area contributed by atoms with Crippen molar-refractivity contribution < 1.29 is 4.79 Å². The fraction of sp³-hybridized carbons (Fsp3) is 0.333. The molecule has 1 aliphatic rings. The van der Waals surface area contributed by atoms with Gasteiger partial charge in [-0.25, -0.2) is 4.68 Å². The van der Waals surface area contributed by atoms with E-state index in [9.17, 15) is 4.79 Å². The number of benzene rings is 1. The molecule has 5 nitrogen and oxygen atoms in total. The molecular weight excluding hydrogens is 288 g/mol. The van der Waals surface area contributed by atoms with Crippen LogP contribution in [0.5, 0.6) is 0 Å². The van der Waals surface area contributed by atoms with Crippen LogP contribution in [0.15, 0.2) is 36.7 Å². The number of rotatable bonds is 6. The third-order valence-corrected chi connectivity index (χ3v) is 3.71. The highest BCUT2D eigenvalue weighted by molar-refractivity contribution is 6.33. The average molecular weight is 305 g/mol. The van der Waals surface area contributed by atoms with E-state index in [1.807, 2.05) is 18.2 Å². The second-order valence-electron chi connectivity index (χ2n) is 5.21. The molecule has 110 valence electrons. The summed E-state index contributed by atoms with van der Waals surface area (Å²) in [7, 11) is 0. The van der Waals surface area contributed by atoms with E-state index in [1.165, 1.54) is 12.8 Å². The number of nitrogens with one attached hydrogen (secondary N) is 2. The highest BCUT2D eigenvalue weighted by Crippen LogP contribution is 2.28. The maximum Gasteiger partial charge on any atom is 0.238 e. The van der Waals surface area contributed by atoms with Gasteiger partial charge in [0, 0.05) is 12.4 Å². The van der Waals surface area contributed by atoms with Crippen LogP contribution in [0.4, 0.5) is 5.69 Å². The van der Waals surface area contributed by atoms with Crippen LogP contribution >= 0.6 is 11.6 Å². The SMILES string of the molecule is O=C(CNCC1CC1)Nc1cccc(Cl)c1-n1cccn1. The Kier molecular flexibility index (Phi) is 4.22. The molecule has 1 aliphatic carbocycles. The van der Waals surface area contributed by atoms with Crippen molar-refractivity contribution in [2.45, 2.75) is 12.8 Å². The maximum absolute atomic E-state index is 12.0. The average Bonchev–Trinajstić information content (AvgIpc) is 3.12. The van der Waals surface area contributed by atoms with Gasteiger partial charge in [0.05, 0.1) is 17.3 Å². The third-order valence-electron chi connectivity index (χ3n) is 3.41. The molecule has 3 rings (SSSR count). The molecule has 1 heterocycles. The van der Waals surface area contributed by atoms with E-state index in [2.05, 4.69) is 15.7 Å². The number of hydrogen-bond donors (Lipinski definition) is 2. The fourth-order valence-corrected chi connectivity index (χ4v) is 2.42. The first-order valence-corrected chi connectivity index (χ1v) is 7.41. The molecule has 1 aromatic heterocycles. The minimum absolute atomic E-state index is 0.0775. The zero-order valence-electron chi connectivity index (χ0n) is 11.6. The highest BCUT2D eigenvalue weighted by atomic mass is 35.5. The summed E-state index contributed by atoms with van der Waals surface area (Å²) in [6.45, 7) is 1.22. The number of halogens is 1. The summed E-state index contributed by atoms with van der Waals surface area (Å²) in [5.41, 5.74) is 1.34. The van der Waals surface area contributed by atoms with Crippen LogP contribution < -0.4 is 10.6 Å². The van der Waals surface area contributed by atoms with E-state index in [0.29, 0.717) is 22.9 Å². The molecular formula is C15H17ClN4O. The summed E-state index contributed by atoms with van der Waals surface area (Å²) >= 11 is 6.23. The predicted octanol–water partition coefficient (Wildman–Crippen LogP) is 2.46. The Hall–Kier alpha value is -1.85. The van der Waals surface area contributed by atoms with E-state index in [-0.39, 0.29) is 5.91 Å². The van der Waals surface area contributed by atoms with Crippen LogP contribution in [0.25, 0.3) is 5.69 Å². The van der Waals surface area contributed by atoms with Gasteiger partial charge in [-0.05, 0) is 43.5 Å². The summed E-state index contributed by atoms with van der Waals surface area (Å²) in [4.78, 5) is 12.0. The summed E-state index contributed by atoms with van der Waals surface area (Å²) < 4.78 is 1.65. The van der Waals surface area contributed by atoms with Gasteiger partial charge in [-0.3, -0.25) is 4.79 Å². The molecule has 1 fully saturated rings. The monoisotopic (exact) mass is 304 g/mol. The van der Waals surface area contributed by atoms with Crippen molar-refractivity contribution in [3.8, 4) is 5.69 Å². The fourth-order valence-electron chi connectivity index (χ4n) is 2.16. The normalized spacial score (nSPS) is 14.1. The first kappa shape index (κ1) is 14.1. The summed E-state index contributed by atoms with van der Waals surface area (Å²) in [5, 5.41) is 10.8. The van der Waals surface area contributed by atoms with Gasteiger partial charge in [-0.2, -0.15) is 5.10 Å². The van der Waals surface area contributed by atoms with Gasteiger partial charge in [0.25, 0.3) is 0 Å². The second-order valence-corrected chi connectivity index (χ2v) is 5.62. The Morgan fingerprint density at radius 2 is 2.24 bits per heavy atom. The van der Waals surface area contributed by atoms with Crippen LogP contribution in [0.1, 0.15) is 12.8 Å². The van der Waals surface area contributed by atoms with Crippen LogP contribution in [0.3, 0.4) is 0 Å². The van der Waals surface area contributed by atoms with Crippen LogP contribution in [-0.4, -0.2) is 28.8 Å². The first-order chi connectivity index (χ1) is 10.2. The van der Waals surface area contributed by atoms with Crippen molar-refractivity contribution in [1.82, 2.24) is 15.1 Å². The Bertz CT molecular complexity index is 623. The molecule has 0 spiro atoms. The Balaban J connectivity index is 1.69. The smallest absolute Gasteiger partial charge is 0.238 e. The topological polar surface area (TPSA) is 59.0 Å². The van der Waals surface area contributed by atoms with Crippen LogP contribution in [-0.2, 0) is 4.79 Å². The summed E-state index contributed by atoms with van der Waals surface area (Å²) in [6, 6.07) is 7.22. The van der Waals surface area contributed by atoms with E-state index >= 15 is 0 Å². The van der Waals surface area contributed by atoms with E-state index in [4.69, 9.17) is 11.6 Å². The summed E-state index contributed by atoms with van der Waals surface area (Å²) in [6.07, 6.45) is 6.01. The molecule has 6 heteroatoms. The van der Waals surface area contributed by atoms with Crippen molar-refractivity contribution in [3.63, 3.8) is 0 Å². The molecule has 1 aromatic carbocycles. The number of hydrogen-bond acceptors (Lipinski definition) is 3. The summed E-state index contributed by atoms with van der Waals surface area (Å²) in [5.74, 6) is 0.676. The lowest BCUT2D eigenvalue weighted by molar-refractivity contribution is -0.115. The van der Waals surface area contributed by atoms with E-state index in [0.717, 1.165) is 12.5 Å². The van der Waals surface area contributed by atoms with Gasteiger partial charge in [0.15, 0.2) is 0 Å². The number of nitrogens with zero attached hydrogens (tertiary/aromatic N) is 2. The van der Waals surface area contributed by atoms with Crippen molar-refractivity contribution in [2.75, 3.05) is 18.4 Å². The molecule has 0 saturated heterocycles. The van der Waals surface area contributed by atoms with Gasteiger partial charge in [-0.15, -0.1) is 0 Å². The van der Waals surface area contributed by atoms with Crippen molar-refractivity contribution >= 4 is 23.2 Å². The molecule has 1 amide bonds. The number of amides is 1. The van der Waals surface area contributed by atoms with Crippen molar-refractivity contribution in [2.24, 2.45) is 5.92 Å². The van der Waals surface area contributed by atoms with Crippen molar-refractivity contribution in [3.05, 3.63) is 41.7 Å². The number of para-hydroxylation sites is 1. The maximum atomic E-state index is 12.0. The third kappa shape index (κ3) is 3.62. The number of carbonyl (C=O) groups is 1. The number of anilines is 1. The van der Waals surface area contributed by atoms with Crippen LogP contribution in [0, 0.1) is 5.92 Å². The first-order valence-electron chi connectivity index (χ1n) is 7.03. The van der Waals surface area contributed by atoms with Gasteiger partial charge >= 0.3 is 0 Å². The largest absolute Gasteiger partial charge is 0.323 e. The van der Waals surface area contributed by atoms with Crippen molar-refractivity contribution in [1.29, 1.82) is 0 Å². The second kappa shape index (κ2) is 6.28. The molecule has 0 unspecified atom stereocenters. The molecule has 2 aromatic rings. The van der Waals surface area contributed by atoms with Crippen LogP contribution in [0.2, 0.25) is 5.02 Å². The Morgan fingerprint density at radius 1 is 1.38 bits per heavy atom. The molecule has 0 atom stereocenters. The highest BCUT2D eigenvalue weighted by Gasteiger charge is 2.20. The molecule has 0 radical (unpaired) electrons. The van der Waals surface area contributed by atoms with Gasteiger partial charge in [0.2, 0.25) is 5.91 Å². The molecule has 21 heavy (non-hydrogen) atoms. The lowest BCUT2D eigenvalue weighted by Crippen LogP contribution is -2.29.